The zero-order valence-corrected chi connectivity index (χ0v) is 11.9. The van der Waals surface area contributed by atoms with Gasteiger partial charge in [0.05, 0.1) is 17.4 Å². The van der Waals surface area contributed by atoms with Crippen LogP contribution in [0.25, 0.3) is 0 Å². The zero-order valence-electron chi connectivity index (χ0n) is 11.9. The van der Waals surface area contributed by atoms with E-state index in [0.717, 1.165) is 26.2 Å². The van der Waals surface area contributed by atoms with Crippen molar-refractivity contribution < 1.29 is 9.13 Å². The van der Waals surface area contributed by atoms with E-state index in [0.29, 0.717) is 5.69 Å². The number of para-hydroxylation sites is 1. The number of hydrogen-bond acceptors (Lipinski definition) is 3. The van der Waals surface area contributed by atoms with Crippen LogP contribution in [-0.2, 0) is 4.74 Å². The minimum Gasteiger partial charge on any atom is -0.381 e. The Hall–Kier alpha value is -1.13. The third-order valence-electron chi connectivity index (χ3n) is 3.26. The molecule has 4 heteroatoms. The molecule has 1 aliphatic heterocycles. The summed E-state index contributed by atoms with van der Waals surface area (Å²) in [6, 6.07) is 6.78. The van der Waals surface area contributed by atoms with E-state index in [1.807, 2.05) is 6.07 Å². The Labute approximate surface area is 114 Å². The number of halogens is 1. The standard InChI is InChI=1S/C15H23FN2O/c1-12-10-18(11-15(2,3)19-12)9-8-17-14-7-5-4-6-13(14)16/h4-7,12,17H,8-11H2,1-3H3. The van der Waals surface area contributed by atoms with Crippen LogP contribution < -0.4 is 5.32 Å². The van der Waals surface area contributed by atoms with E-state index in [4.69, 9.17) is 4.74 Å². The lowest BCUT2D eigenvalue weighted by molar-refractivity contribution is -0.127. The molecule has 0 amide bonds. The summed E-state index contributed by atoms with van der Waals surface area (Å²) in [5.41, 5.74) is 0.471. The molecule has 1 unspecified atom stereocenters. The van der Waals surface area contributed by atoms with E-state index in [-0.39, 0.29) is 17.5 Å². The molecule has 0 aromatic heterocycles. The van der Waals surface area contributed by atoms with Gasteiger partial charge in [-0.05, 0) is 32.9 Å². The average Bonchev–Trinajstić information content (AvgIpc) is 2.29. The maximum atomic E-state index is 13.4. The Balaban J connectivity index is 1.81. The predicted octanol–water partition coefficient (Wildman–Crippen LogP) is 2.74. The van der Waals surface area contributed by atoms with Crippen molar-refractivity contribution in [3.05, 3.63) is 30.1 Å². The fourth-order valence-corrected chi connectivity index (χ4v) is 2.71. The third-order valence-corrected chi connectivity index (χ3v) is 3.26. The highest BCUT2D eigenvalue weighted by Crippen LogP contribution is 2.20. The third kappa shape index (κ3) is 4.18. The number of benzene rings is 1. The molecule has 0 spiro atoms. The number of anilines is 1. The van der Waals surface area contributed by atoms with Gasteiger partial charge in [0.15, 0.2) is 0 Å². The first-order valence-corrected chi connectivity index (χ1v) is 6.85. The summed E-state index contributed by atoms with van der Waals surface area (Å²) >= 11 is 0. The molecule has 3 nitrogen and oxygen atoms in total. The number of rotatable bonds is 4. The first-order valence-electron chi connectivity index (χ1n) is 6.85. The topological polar surface area (TPSA) is 24.5 Å². The Kier molecular flexibility index (Phi) is 4.42. The molecule has 1 aromatic carbocycles. The van der Waals surface area contributed by atoms with E-state index < -0.39 is 0 Å². The predicted molar refractivity (Wildman–Crippen MR) is 76.0 cm³/mol. The molecule has 106 valence electrons. The van der Waals surface area contributed by atoms with E-state index >= 15 is 0 Å². The minimum atomic E-state index is -0.196. The number of hydrogen-bond donors (Lipinski definition) is 1. The lowest BCUT2D eigenvalue weighted by Crippen LogP contribution is -2.52. The van der Waals surface area contributed by atoms with Crippen molar-refractivity contribution in [3.8, 4) is 0 Å². The minimum absolute atomic E-state index is 0.102. The lowest BCUT2D eigenvalue weighted by atomic mass is 10.1. The second-order valence-corrected chi connectivity index (χ2v) is 5.83. The van der Waals surface area contributed by atoms with Crippen molar-refractivity contribution >= 4 is 5.69 Å². The van der Waals surface area contributed by atoms with Gasteiger partial charge in [0, 0.05) is 26.2 Å². The molecule has 19 heavy (non-hydrogen) atoms. The van der Waals surface area contributed by atoms with Crippen molar-refractivity contribution in [2.75, 3.05) is 31.5 Å². The SMILES string of the molecule is CC1CN(CCNc2ccccc2F)CC(C)(C)O1. The maximum absolute atomic E-state index is 13.4. The molecule has 0 bridgehead atoms. The van der Waals surface area contributed by atoms with Gasteiger partial charge in [-0.15, -0.1) is 0 Å². The highest BCUT2D eigenvalue weighted by molar-refractivity contribution is 5.44. The fraction of sp³-hybridized carbons (Fsp3) is 0.600. The lowest BCUT2D eigenvalue weighted by Gasteiger charge is -2.41. The Bertz CT molecular complexity index is 422. The second-order valence-electron chi connectivity index (χ2n) is 5.83. The van der Waals surface area contributed by atoms with E-state index in [9.17, 15) is 4.39 Å². The van der Waals surface area contributed by atoms with Crippen molar-refractivity contribution in [3.63, 3.8) is 0 Å². The van der Waals surface area contributed by atoms with Crippen LogP contribution in [0.3, 0.4) is 0 Å². The number of nitrogens with one attached hydrogen (secondary N) is 1. The molecule has 0 saturated carbocycles. The van der Waals surface area contributed by atoms with Gasteiger partial charge in [-0.2, -0.15) is 0 Å². The summed E-state index contributed by atoms with van der Waals surface area (Å²) in [6.45, 7) is 9.80. The first kappa shape index (κ1) is 14.3. The molecule has 1 aliphatic rings. The van der Waals surface area contributed by atoms with Crippen LogP contribution in [0.2, 0.25) is 0 Å². The molecule has 0 radical (unpaired) electrons. The van der Waals surface area contributed by atoms with Crippen LogP contribution in [0.5, 0.6) is 0 Å². The molecule has 0 aliphatic carbocycles. The molecule has 1 N–H and O–H groups in total. The van der Waals surface area contributed by atoms with Gasteiger partial charge in [-0.25, -0.2) is 4.39 Å². The van der Waals surface area contributed by atoms with Crippen molar-refractivity contribution in [2.24, 2.45) is 0 Å². The van der Waals surface area contributed by atoms with E-state index in [1.165, 1.54) is 6.07 Å². The molecule has 1 saturated heterocycles. The maximum Gasteiger partial charge on any atom is 0.146 e. The van der Waals surface area contributed by atoms with Crippen molar-refractivity contribution in [1.29, 1.82) is 0 Å². The summed E-state index contributed by atoms with van der Waals surface area (Å²) in [7, 11) is 0. The molecular weight excluding hydrogens is 243 g/mol. The average molecular weight is 266 g/mol. The Morgan fingerprint density at radius 3 is 2.84 bits per heavy atom. The van der Waals surface area contributed by atoms with Crippen molar-refractivity contribution in [1.82, 2.24) is 4.90 Å². The monoisotopic (exact) mass is 266 g/mol. The molecule has 1 aromatic rings. The van der Waals surface area contributed by atoms with E-state index in [2.05, 4.69) is 31.0 Å². The van der Waals surface area contributed by atoms with Gasteiger partial charge in [-0.3, -0.25) is 4.90 Å². The highest BCUT2D eigenvalue weighted by Gasteiger charge is 2.30. The molecule has 2 rings (SSSR count). The van der Waals surface area contributed by atoms with Crippen LogP contribution in [0.15, 0.2) is 24.3 Å². The summed E-state index contributed by atoms with van der Waals surface area (Å²) < 4.78 is 19.3. The molecular formula is C15H23FN2O. The molecule has 1 heterocycles. The highest BCUT2D eigenvalue weighted by atomic mass is 19.1. The summed E-state index contributed by atoms with van der Waals surface area (Å²) in [5, 5.41) is 3.14. The summed E-state index contributed by atoms with van der Waals surface area (Å²) in [4.78, 5) is 2.36. The Morgan fingerprint density at radius 1 is 1.42 bits per heavy atom. The van der Waals surface area contributed by atoms with Crippen LogP contribution >= 0.6 is 0 Å². The van der Waals surface area contributed by atoms with Crippen molar-refractivity contribution in [2.45, 2.75) is 32.5 Å². The smallest absolute Gasteiger partial charge is 0.146 e. The molecule has 1 fully saturated rings. The van der Waals surface area contributed by atoms with Gasteiger partial charge in [0.25, 0.3) is 0 Å². The number of nitrogens with zero attached hydrogens (tertiary/aromatic N) is 1. The zero-order chi connectivity index (χ0) is 13.9. The largest absolute Gasteiger partial charge is 0.381 e. The number of ether oxygens (including phenoxy) is 1. The fourth-order valence-electron chi connectivity index (χ4n) is 2.71. The summed E-state index contributed by atoms with van der Waals surface area (Å²) in [6.07, 6.45) is 0.247. The molecule has 1 atom stereocenters. The van der Waals surface area contributed by atoms with Gasteiger partial charge in [0.2, 0.25) is 0 Å². The van der Waals surface area contributed by atoms with Crippen LogP contribution in [0, 0.1) is 5.82 Å². The first-order chi connectivity index (χ1) is 8.96. The van der Waals surface area contributed by atoms with Crippen LogP contribution in [0.1, 0.15) is 20.8 Å². The summed E-state index contributed by atoms with van der Waals surface area (Å²) in [5.74, 6) is -0.196. The van der Waals surface area contributed by atoms with Gasteiger partial charge in [0.1, 0.15) is 5.82 Å². The van der Waals surface area contributed by atoms with Crippen LogP contribution in [0.4, 0.5) is 10.1 Å². The Morgan fingerprint density at radius 2 is 2.16 bits per heavy atom. The van der Waals surface area contributed by atoms with Crippen LogP contribution in [-0.4, -0.2) is 42.8 Å². The van der Waals surface area contributed by atoms with Gasteiger partial charge >= 0.3 is 0 Å². The number of morpholine rings is 1. The second kappa shape index (κ2) is 5.88. The van der Waals surface area contributed by atoms with Gasteiger partial charge in [-0.1, -0.05) is 12.1 Å². The van der Waals surface area contributed by atoms with Gasteiger partial charge < -0.3 is 10.1 Å². The normalized spacial score (nSPS) is 23.3. The van der Waals surface area contributed by atoms with E-state index in [1.54, 1.807) is 12.1 Å². The quantitative estimate of drug-likeness (QED) is 0.907.